The second kappa shape index (κ2) is 5.40. The van der Waals surface area contributed by atoms with E-state index in [1.807, 2.05) is 19.1 Å². The number of hydrogen-bond acceptors (Lipinski definition) is 3. The van der Waals surface area contributed by atoms with Crippen LogP contribution < -0.4 is 0 Å². The summed E-state index contributed by atoms with van der Waals surface area (Å²) in [6, 6.07) is 11.0. The number of aromatic hydroxyl groups is 1. The standard InChI is InChI=1S/C16H12FN3O2/c1-9-5-4-7-11-13(9)18-16(22)14(11)19-20-15(21)10-6-2-3-8-12(10)17/h2-8,18,22H,1H3. The number of nitrogens with zero attached hydrogens (tertiary/aromatic N) is 2. The summed E-state index contributed by atoms with van der Waals surface area (Å²) in [7, 11) is 0. The largest absolute Gasteiger partial charge is 0.493 e. The Kier molecular flexibility index (Phi) is 3.42. The smallest absolute Gasteiger partial charge is 0.298 e. The van der Waals surface area contributed by atoms with E-state index in [1.54, 1.807) is 12.1 Å². The number of para-hydroxylation sites is 1. The summed E-state index contributed by atoms with van der Waals surface area (Å²) in [6.45, 7) is 1.88. The minimum absolute atomic E-state index is 0.156. The maximum Gasteiger partial charge on any atom is 0.298 e. The molecule has 5 nitrogen and oxygen atoms in total. The number of aromatic nitrogens is 1. The number of aromatic amines is 1. The Morgan fingerprint density at radius 2 is 1.95 bits per heavy atom. The average Bonchev–Trinajstić information content (AvgIpc) is 2.82. The molecule has 6 heteroatoms. The number of carbonyl (C=O) groups is 1. The molecule has 3 aromatic rings. The molecule has 3 rings (SSSR count). The summed E-state index contributed by atoms with van der Waals surface area (Å²) < 4.78 is 13.5. The van der Waals surface area contributed by atoms with Crippen LogP contribution in [0.1, 0.15) is 15.9 Å². The molecular formula is C16H12FN3O2. The molecule has 0 saturated heterocycles. The minimum Gasteiger partial charge on any atom is -0.493 e. The van der Waals surface area contributed by atoms with Gasteiger partial charge < -0.3 is 10.1 Å². The van der Waals surface area contributed by atoms with Gasteiger partial charge in [-0.3, -0.25) is 4.79 Å². The van der Waals surface area contributed by atoms with Crippen molar-refractivity contribution in [1.29, 1.82) is 0 Å². The Balaban J connectivity index is 2.00. The van der Waals surface area contributed by atoms with Gasteiger partial charge in [0, 0.05) is 5.39 Å². The van der Waals surface area contributed by atoms with Crippen molar-refractivity contribution in [2.24, 2.45) is 10.2 Å². The van der Waals surface area contributed by atoms with Crippen LogP contribution in [0.4, 0.5) is 10.1 Å². The molecule has 0 atom stereocenters. The maximum atomic E-state index is 13.5. The van der Waals surface area contributed by atoms with E-state index in [-0.39, 0.29) is 17.1 Å². The summed E-state index contributed by atoms with van der Waals surface area (Å²) in [5, 5.41) is 17.8. The first kappa shape index (κ1) is 13.9. The first-order chi connectivity index (χ1) is 10.6. The van der Waals surface area contributed by atoms with Crippen LogP contribution in [0, 0.1) is 12.7 Å². The van der Waals surface area contributed by atoms with Crippen molar-refractivity contribution >= 4 is 22.5 Å². The van der Waals surface area contributed by atoms with Gasteiger partial charge in [0.2, 0.25) is 5.88 Å². The molecule has 1 heterocycles. The summed E-state index contributed by atoms with van der Waals surface area (Å²) >= 11 is 0. The fourth-order valence-corrected chi connectivity index (χ4v) is 2.22. The van der Waals surface area contributed by atoms with Gasteiger partial charge in [0.15, 0.2) is 5.69 Å². The fourth-order valence-electron chi connectivity index (χ4n) is 2.22. The Labute approximate surface area is 125 Å². The lowest BCUT2D eigenvalue weighted by molar-refractivity contribution is 0.0991. The molecule has 110 valence electrons. The first-order valence-corrected chi connectivity index (χ1v) is 6.59. The van der Waals surface area contributed by atoms with Gasteiger partial charge in [0.25, 0.3) is 5.91 Å². The zero-order chi connectivity index (χ0) is 15.7. The maximum absolute atomic E-state index is 13.5. The molecule has 1 amide bonds. The number of fused-ring (bicyclic) bond motifs is 1. The molecule has 0 radical (unpaired) electrons. The van der Waals surface area contributed by atoms with Crippen LogP contribution in [0.3, 0.4) is 0 Å². The number of rotatable bonds is 2. The summed E-state index contributed by atoms with van der Waals surface area (Å²) in [4.78, 5) is 14.7. The van der Waals surface area contributed by atoms with Crippen molar-refractivity contribution < 1.29 is 14.3 Å². The van der Waals surface area contributed by atoms with E-state index >= 15 is 0 Å². The molecule has 2 aromatic carbocycles. The molecule has 0 saturated carbocycles. The zero-order valence-electron chi connectivity index (χ0n) is 11.7. The summed E-state index contributed by atoms with van der Waals surface area (Å²) in [5.41, 5.74) is 1.63. The van der Waals surface area contributed by atoms with Crippen molar-refractivity contribution in [3.8, 4) is 5.88 Å². The van der Waals surface area contributed by atoms with Gasteiger partial charge >= 0.3 is 0 Å². The van der Waals surface area contributed by atoms with E-state index in [0.29, 0.717) is 10.9 Å². The number of carbonyl (C=O) groups excluding carboxylic acids is 1. The molecular weight excluding hydrogens is 285 g/mol. The molecule has 0 aliphatic heterocycles. The van der Waals surface area contributed by atoms with E-state index in [2.05, 4.69) is 15.2 Å². The number of halogens is 1. The number of nitrogens with one attached hydrogen (secondary N) is 1. The monoisotopic (exact) mass is 297 g/mol. The third-order valence-electron chi connectivity index (χ3n) is 3.34. The number of aryl methyl sites for hydroxylation is 1. The van der Waals surface area contributed by atoms with E-state index in [4.69, 9.17) is 0 Å². The summed E-state index contributed by atoms with van der Waals surface area (Å²) in [5.74, 6) is -1.65. The lowest BCUT2D eigenvalue weighted by Gasteiger charge is -1.96. The number of hydrogen-bond donors (Lipinski definition) is 2. The minimum atomic E-state index is -0.806. The molecule has 0 aliphatic carbocycles. The first-order valence-electron chi connectivity index (χ1n) is 6.59. The van der Waals surface area contributed by atoms with Gasteiger partial charge in [-0.15, -0.1) is 10.2 Å². The molecule has 22 heavy (non-hydrogen) atoms. The molecule has 2 N–H and O–H groups in total. The van der Waals surface area contributed by atoms with Crippen molar-refractivity contribution in [2.45, 2.75) is 6.92 Å². The highest BCUT2D eigenvalue weighted by Crippen LogP contribution is 2.36. The highest BCUT2D eigenvalue weighted by atomic mass is 19.1. The van der Waals surface area contributed by atoms with E-state index < -0.39 is 11.7 Å². The van der Waals surface area contributed by atoms with Crippen LogP contribution in [0.15, 0.2) is 52.7 Å². The second-order valence-corrected chi connectivity index (χ2v) is 4.80. The second-order valence-electron chi connectivity index (χ2n) is 4.80. The number of azo groups is 1. The van der Waals surface area contributed by atoms with Gasteiger partial charge in [-0.25, -0.2) is 4.39 Å². The molecule has 0 spiro atoms. The number of H-pyrrole nitrogens is 1. The van der Waals surface area contributed by atoms with Gasteiger partial charge in [-0.1, -0.05) is 30.3 Å². The molecule has 0 aliphatic rings. The Morgan fingerprint density at radius 1 is 1.18 bits per heavy atom. The predicted octanol–water partition coefficient (Wildman–Crippen LogP) is 4.25. The lowest BCUT2D eigenvalue weighted by atomic mass is 10.1. The van der Waals surface area contributed by atoms with Gasteiger partial charge in [-0.05, 0) is 24.6 Å². The van der Waals surface area contributed by atoms with E-state index in [9.17, 15) is 14.3 Å². The third-order valence-corrected chi connectivity index (χ3v) is 3.34. The van der Waals surface area contributed by atoms with Crippen molar-refractivity contribution in [3.05, 3.63) is 59.4 Å². The molecule has 1 aromatic heterocycles. The highest BCUT2D eigenvalue weighted by Gasteiger charge is 2.14. The van der Waals surface area contributed by atoms with Crippen LogP contribution in [0.2, 0.25) is 0 Å². The number of amides is 1. The van der Waals surface area contributed by atoms with Crippen molar-refractivity contribution in [2.75, 3.05) is 0 Å². The SMILES string of the molecule is Cc1cccc2c(N=NC(=O)c3ccccc3F)c(O)[nH]c12. The van der Waals surface area contributed by atoms with E-state index in [0.717, 1.165) is 5.56 Å². The fraction of sp³-hybridized carbons (Fsp3) is 0.0625. The van der Waals surface area contributed by atoms with Crippen molar-refractivity contribution in [1.82, 2.24) is 4.98 Å². The van der Waals surface area contributed by atoms with Crippen LogP contribution >= 0.6 is 0 Å². The van der Waals surface area contributed by atoms with Crippen molar-refractivity contribution in [3.63, 3.8) is 0 Å². The zero-order valence-corrected chi connectivity index (χ0v) is 11.7. The Hall–Kier alpha value is -3.02. The topological polar surface area (TPSA) is 77.8 Å². The normalized spacial score (nSPS) is 11.4. The predicted molar refractivity (Wildman–Crippen MR) is 79.9 cm³/mol. The highest BCUT2D eigenvalue weighted by molar-refractivity contribution is 5.97. The summed E-state index contributed by atoms with van der Waals surface area (Å²) in [6.07, 6.45) is 0. The third kappa shape index (κ3) is 2.35. The average molecular weight is 297 g/mol. The van der Waals surface area contributed by atoms with Crippen LogP contribution in [0.25, 0.3) is 10.9 Å². The van der Waals surface area contributed by atoms with Gasteiger partial charge in [-0.2, -0.15) is 0 Å². The van der Waals surface area contributed by atoms with E-state index in [1.165, 1.54) is 18.2 Å². The Bertz CT molecular complexity index is 900. The molecule has 0 unspecified atom stereocenters. The lowest BCUT2D eigenvalue weighted by Crippen LogP contribution is -1.97. The Morgan fingerprint density at radius 3 is 2.73 bits per heavy atom. The van der Waals surface area contributed by atoms with Crippen LogP contribution in [0.5, 0.6) is 5.88 Å². The van der Waals surface area contributed by atoms with Crippen LogP contribution in [-0.2, 0) is 0 Å². The quantitative estimate of drug-likeness (QED) is 0.694. The molecule has 0 fully saturated rings. The van der Waals surface area contributed by atoms with Crippen LogP contribution in [-0.4, -0.2) is 16.0 Å². The van der Waals surface area contributed by atoms with Gasteiger partial charge in [0.1, 0.15) is 5.82 Å². The molecule has 0 bridgehead atoms. The number of benzene rings is 2. The van der Waals surface area contributed by atoms with Gasteiger partial charge in [0.05, 0.1) is 11.1 Å².